The summed E-state index contributed by atoms with van der Waals surface area (Å²) in [6.07, 6.45) is 0.974. The lowest BCUT2D eigenvalue weighted by molar-refractivity contribution is 0.226. The zero-order valence-corrected chi connectivity index (χ0v) is 9.77. The third-order valence-electron chi connectivity index (χ3n) is 2.41. The summed E-state index contributed by atoms with van der Waals surface area (Å²) in [5, 5.41) is 15.3. The van der Waals surface area contributed by atoms with Crippen molar-refractivity contribution in [2.24, 2.45) is 5.92 Å². The first-order valence-corrected chi connectivity index (χ1v) is 5.87. The van der Waals surface area contributed by atoms with Gasteiger partial charge >= 0.3 is 0 Å². The highest BCUT2D eigenvalue weighted by molar-refractivity contribution is 7.13. The normalized spacial score (nSPS) is 15.1. The second-order valence-corrected chi connectivity index (χ2v) is 4.45. The van der Waals surface area contributed by atoms with Crippen molar-refractivity contribution >= 4 is 16.5 Å². The van der Waals surface area contributed by atoms with E-state index in [-0.39, 0.29) is 18.6 Å². The number of hydrogen-bond donors (Lipinski definition) is 2. The van der Waals surface area contributed by atoms with E-state index in [1.54, 1.807) is 11.3 Å². The van der Waals surface area contributed by atoms with Crippen LogP contribution in [0.4, 0.5) is 5.13 Å². The van der Waals surface area contributed by atoms with E-state index < -0.39 is 0 Å². The molecular weight excluding hydrogens is 196 g/mol. The maximum Gasteiger partial charge on any atom is 0.183 e. The molecule has 2 N–H and O–H groups in total. The fourth-order valence-corrected chi connectivity index (χ4v) is 1.92. The Morgan fingerprint density at radius 1 is 1.57 bits per heavy atom. The SMILES string of the molecule is CCc1csc(NC(C)C(C)CO)n1. The fourth-order valence-electron chi connectivity index (χ4n) is 1.03. The molecule has 0 aliphatic carbocycles. The summed E-state index contributed by atoms with van der Waals surface area (Å²) in [5.41, 5.74) is 1.13. The molecule has 3 nitrogen and oxygen atoms in total. The molecule has 4 heteroatoms. The van der Waals surface area contributed by atoms with Gasteiger partial charge in [0.1, 0.15) is 0 Å². The molecule has 0 radical (unpaired) electrons. The van der Waals surface area contributed by atoms with Crippen LogP contribution in [0, 0.1) is 5.92 Å². The Morgan fingerprint density at radius 3 is 2.79 bits per heavy atom. The molecule has 0 amide bonds. The molecule has 1 rings (SSSR count). The number of aliphatic hydroxyl groups excluding tert-OH is 1. The predicted octanol–water partition coefficient (Wildman–Crippen LogP) is 2.13. The van der Waals surface area contributed by atoms with Crippen LogP contribution in [-0.4, -0.2) is 22.7 Å². The number of thiazole rings is 1. The van der Waals surface area contributed by atoms with E-state index in [2.05, 4.69) is 29.5 Å². The third kappa shape index (κ3) is 2.96. The molecule has 2 atom stereocenters. The maximum absolute atomic E-state index is 8.98. The molecule has 1 aromatic heterocycles. The van der Waals surface area contributed by atoms with Crippen molar-refractivity contribution in [1.29, 1.82) is 0 Å². The average Bonchev–Trinajstić information content (AvgIpc) is 2.64. The van der Waals surface area contributed by atoms with Crippen LogP contribution < -0.4 is 5.32 Å². The molecule has 0 fully saturated rings. The molecule has 0 saturated heterocycles. The fraction of sp³-hybridized carbons (Fsp3) is 0.700. The second kappa shape index (κ2) is 5.32. The number of anilines is 1. The third-order valence-corrected chi connectivity index (χ3v) is 3.23. The van der Waals surface area contributed by atoms with Gasteiger partial charge in [-0.05, 0) is 19.3 Å². The van der Waals surface area contributed by atoms with Gasteiger partial charge in [-0.2, -0.15) is 0 Å². The summed E-state index contributed by atoms with van der Waals surface area (Å²) in [4.78, 5) is 4.41. The molecule has 0 saturated carbocycles. The van der Waals surface area contributed by atoms with E-state index in [1.807, 2.05) is 6.92 Å². The highest BCUT2D eigenvalue weighted by Gasteiger charge is 2.12. The summed E-state index contributed by atoms with van der Waals surface area (Å²) < 4.78 is 0. The van der Waals surface area contributed by atoms with Crippen molar-refractivity contribution in [3.05, 3.63) is 11.1 Å². The number of aryl methyl sites for hydroxylation is 1. The summed E-state index contributed by atoms with van der Waals surface area (Å²) in [6, 6.07) is 0.260. The number of aromatic nitrogens is 1. The molecule has 0 aliphatic heterocycles. The van der Waals surface area contributed by atoms with Crippen LogP contribution >= 0.6 is 11.3 Å². The number of hydrogen-bond acceptors (Lipinski definition) is 4. The molecule has 1 aromatic rings. The largest absolute Gasteiger partial charge is 0.396 e. The lowest BCUT2D eigenvalue weighted by Gasteiger charge is -2.18. The minimum atomic E-state index is 0.209. The van der Waals surface area contributed by atoms with Crippen LogP contribution in [0.15, 0.2) is 5.38 Å². The van der Waals surface area contributed by atoms with Crippen molar-refractivity contribution in [3.8, 4) is 0 Å². The first kappa shape index (κ1) is 11.5. The smallest absolute Gasteiger partial charge is 0.183 e. The van der Waals surface area contributed by atoms with Gasteiger partial charge in [0.05, 0.1) is 5.69 Å². The van der Waals surface area contributed by atoms with Gasteiger partial charge in [-0.1, -0.05) is 13.8 Å². The molecule has 80 valence electrons. The lowest BCUT2D eigenvalue weighted by atomic mass is 10.1. The molecule has 0 spiro atoms. The minimum absolute atomic E-state index is 0.209. The molecule has 0 aromatic carbocycles. The Morgan fingerprint density at radius 2 is 2.29 bits per heavy atom. The topological polar surface area (TPSA) is 45.1 Å². The van der Waals surface area contributed by atoms with Gasteiger partial charge in [0.25, 0.3) is 0 Å². The van der Waals surface area contributed by atoms with Gasteiger partial charge in [0, 0.05) is 18.0 Å². The number of nitrogens with one attached hydrogen (secondary N) is 1. The minimum Gasteiger partial charge on any atom is -0.396 e. The van der Waals surface area contributed by atoms with E-state index in [9.17, 15) is 0 Å². The first-order valence-electron chi connectivity index (χ1n) is 4.99. The van der Waals surface area contributed by atoms with Crippen LogP contribution in [0.1, 0.15) is 26.5 Å². The Hall–Kier alpha value is -0.610. The summed E-state index contributed by atoms with van der Waals surface area (Å²) in [7, 11) is 0. The van der Waals surface area contributed by atoms with E-state index in [1.165, 1.54) is 0 Å². The van der Waals surface area contributed by atoms with Crippen LogP contribution in [-0.2, 0) is 6.42 Å². The zero-order valence-electron chi connectivity index (χ0n) is 8.95. The number of nitrogens with zero attached hydrogens (tertiary/aromatic N) is 1. The van der Waals surface area contributed by atoms with Gasteiger partial charge in [-0.25, -0.2) is 4.98 Å². The molecule has 1 heterocycles. The lowest BCUT2D eigenvalue weighted by Crippen LogP contribution is -2.26. The Bertz CT molecular complexity index is 275. The zero-order chi connectivity index (χ0) is 10.6. The van der Waals surface area contributed by atoms with Crippen molar-refractivity contribution in [2.75, 3.05) is 11.9 Å². The van der Waals surface area contributed by atoms with Crippen LogP contribution in [0.2, 0.25) is 0 Å². The monoisotopic (exact) mass is 214 g/mol. The Labute approximate surface area is 89.2 Å². The van der Waals surface area contributed by atoms with Crippen molar-refractivity contribution < 1.29 is 5.11 Å². The van der Waals surface area contributed by atoms with Crippen LogP contribution in [0.25, 0.3) is 0 Å². The van der Waals surface area contributed by atoms with Gasteiger partial charge in [0.2, 0.25) is 0 Å². The standard InChI is InChI=1S/C10H18N2OS/c1-4-9-6-14-10(12-9)11-8(3)7(2)5-13/h6-8,13H,4-5H2,1-3H3,(H,11,12). The average molecular weight is 214 g/mol. The molecule has 14 heavy (non-hydrogen) atoms. The molecular formula is C10H18N2OS. The summed E-state index contributed by atoms with van der Waals surface area (Å²) >= 11 is 1.63. The highest BCUT2D eigenvalue weighted by Crippen LogP contribution is 2.18. The summed E-state index contributed by atoms with van der Waals surface area (Å²) in [6.45, 7) is 6.39. The van der Waals surface area contributed by atoms with Gasteiger partial charge < -0.3 is 10.4 Å². The van der Waals surface area contributed by atoms with Crippen molar-refractivity contribution in [3.63, 3.8) is 0 Å². The number of rotatable bonds is 5. The second-order valence-electron chi connectivity index (χ2n) is 3.59. The highest BCUT2D eigenvalue weighted by atomic mass is 32.1. The van der Waals surface area contributed by atoms with E-state index >= 15 is 0 Å². The van der Waals surface area contributed by atoms with Crippen molar-refractivity contribution in [2.45, 2.75) is 33.2 Å². The Balaban J connectivity index is 2.51. The summed E-state index contributed by atoms with van der Waals surface area (Å²) in [5.74, 6) is 0.254. The number of aliphatic hydroxyl groups is 1. The van der Waals surface area contributed by atoms with Gasteiger partial charge in [0.15, 0.2) is 5.13 Å². The van der Waals surface area contributed by atoms with E-state index in [4.69, 9.17) is 5.11 Å². The molecule has 0 bridgehead atoms. The quantitative estimate of drug-likeness (QED) is 0.789. The molecule has 2 unspecified atom stereocenters. The van der Waals surface area contributed by atoms with Crippen LogP contribution in [0.5, 0.6) is 0 Å². The van der Waals surface area contributed by atoms with E-state index in [0.29, 0.717) is 0 Å². The van der Waals surface area contributed by atoms with E-state index in [0.717, 1.165) is 17.2 Å². The maximum atomic E-state index is 8.98. The first-order chi connectivity index (χ1) is 6.67. The predicted molar refractivity (Wildman–Crippen MR) is 60.8 cm³/mol. The van der Waals surface area contributed by atoms with Gasteiger partial charge in [-0.15, -0.1) is 11.3 Å². The van der Waals surface area contributed by atoms with Crippen LogP contribution in [0.3, 0.4) is 0 Å². The van der Waals surface area contributed by atoms with Gasteiger partial charge in [-0.3, -0.25) is 0 Å². The van der Waals surface area contributed by atoms with Crippen molar-refractivity contribution in [1.82, 2.24) is 4.98 Å². The Kier molecular flexibility index (Phi) is 4.35. The molecule has 0 aliphatic rings.